The largest absolute Gasteiger partial charge is 0.489 e. The highest BCUT2D eigenvalue weighted by Crippen LogP contribution is 2.21. The van der Waals surface area contributed by atoms with Gasteiger partial charge in [0.25, 0.3) is 0 Å². The topological polar surface area (TPSA) is 37.4 Å². The molecule has 23 heavy (non-hydrogen) atoms. The second-order valence-corrected chi connectivity index (χ2v) is 5.85. The van der Waals surface area contributed by atoms with Gasteiger partial charge in [0.1, 0.15) is 12.4 Å². The van der Waals surface area contributed by atoms with Gasteiger partial charge in [-0.25, -0.2) is 0 Å². The lowest BCUT2D eigenvalue weighted by Crippen LogP contribution is -2.48. The number of hydrogen-bond donors (Lipinski definition) is 1. The molecule has 1 saturated heterocycles. The predicted octanol–water partition coefficient (Wildman–Crippen LogP) is 2.88. The van der Waals surface area contributed by atoms with Crippen molar-refractivity contribution in [1.29, 1.82) is 0 Å². The zero-order valence-electron chi connectivity index (χ0n) is 13.4. The standard InChI is InChI=1S/C18H23N3O.ClH/c1-15-12-21(10-9-20-15)13-17-6-2-3-7-18(17)22-14-16-5-4-8-19-11-16;/h2-8,11,15,20H,9-10,12-14H2,1H3;1H. The second kappa shape index (κ2) is 8.87. The van der Waals surface area contributed by atoms with Crippen LogP contribution in [0.2, 0.25) is 0 Å². The summed E-state index contributed by atoms with van der Waals surface area (Å²) in [6, 6.07) is 12.8. The molecule has 4 nitrogen and oxygen atoms in total. The molecule has 5 heteroatoms. The summed E-state index contributed by atoms with van der Waals surface area (Å²) in [6.07, 6.45) is 3.63. The van der Waals surface area contributed by atoms with Crippen LogP contribution in [0.25, 0.3) is 0 Å². The number of ether oxygens (including phenoxy) is 1. The number of hydrogen-bond acceptors (Lipinski definition) is 4. The smallest absolute Gasteiger partial charge is 0.124 e. The van der Waals surface area contributed by atoms with Crippen molar-refractivity contribution in [3.05, 3.63) is 59.9 Å². The lowest BCUT2D eigenvalue weighted by atomic mass is 10.1. The molecule has 0 saturated carbocycles. The van der Waals surface area contributed by atoms with Crippen LogP contribution in [0, 0.1) is 0 Å². The molecule has 0 amide bonds. The summed E-state index contributed by atoms with van der Waals surface area (Å²) in [5, 5.41) is 3.48. The van der Waals surface area contributed by atoms with Crippen molar-refractivity contribution in [2.45, 2.75) is 26.1 Å². The van der Waals surface area contributed by atoms with Crippen molar-refractivity contribution in [3.63, 3.8) is 0 Å². The second-order valence-electron chi connectivity index (χ2n) is 5.85. The Bertz CT molecular complexity index is 594. The Morgan fingerprint density at radius 3 is 2.91 bits per heavy atom. The maximum Gasteiger partial charge on any atom is 0.124 e. The van der Waals surface area contributed by atoms with Crippen LogP contribution >= 0.6 is 12.4 Å². The Balaban J connectivity index is 0.00000192. The lowest BCUT2D eigenvalue weighted by molar-refractivity contribution is 0.195. The third-order valence-corrected chi connectivity index (χ3v) is 3.94. The van der Waals surface area contributed by atoms with Gasteiger partial charge >= 0.3 is 0 Å². The molecule has 3 rings (SSSR count). The van der Waals surface area contributed by atoms with Gasteiger partial charge in [0.05, 0.1) is 0 Å². The Labute approximate surface area is 144 Å². The first-order valence-corrected chi connectivity index (χ1v) is 7.86. The molecule has 1 fully saturated rings. The Morgan fingerprint density at radius 1 is 1.26 bits per heavy atom. The van der Waals surface area contributed by atoms with E-state index in [9.17, 15) is 0 Å². The van der Waals surface area contributed by atoms with Crippen LogP contribution in [-0.2, 0) is 13.2 Å². The molecule has 0 radical (unpaired) electrons. The molecule has 1 aromatic carbocycles. The van der Waals surface area contributed by atoms with E-state index in [1.807, 2.05) is 24.4 Å². The summed E-state index contributed by atoms with van der Waals surface area (Å²) < 4.78 is 6.01. The molecule has 1 unspecified atom stereocenters. The van der Waals surface area contributed by atoms with Crippen LogP contribution in [0.15, 0.2) is 48.8 Å². The van der Waals surface area contributed by atoms with Gasteiger partial charge in [-0.1, -0.05) is 24.3 Å². The van der Waals surface area contributed by atoms with Gasteiger partial charge in [-0.2, -0.15) is 0 Å². The maximum atomic E-state index is 6.01. The van der Waals surface area contributed by atoms with Crippen LogP contribution in [0.5, 0.6) is 5.75 Å². The molecule has 1 atom stereocenters. The van der Waals surface area contributed by atoms with Crippen LogP contribution in [0.1, 0.15) is 18.1 Å². The van der Waals surface area contributed by atoms with E-state index in [2.05, 4.69) is 40.3 Å². The van der Waals surface area contributed by atoms with Crippen LogP contribution in [-0.4, -0.2) is 35.6 Å². The molecule has 124 valence electrons. The van der Waals surface area contributed by atoms with E-state index in [0.717, 1.165) is 37.5 Å². The number of benzene rings is 1. The van der Waals surface area contributed by atoms with E-state index in [-0.39, 0.29) is 12.4 Å². The average Bonchev–Trinajstić information content (AvgIpc) is 2.55. The predicted molar refractivity (Wildman–Crippen MR) is 95.0 cm³/mol. The summed E-state index contributed by atoms with van der Waals surface area (Å²) in [5.74, 6) is 0.970. The van der Waals surface area contributed by atoms with Crippen molar-refractivity contribution in [2.75, 3.05) is 19.6 Å². The number of aromatic nitrogens is 1. The SMILES string of the molecule is CC1CN(Cc2ccccc2OCc2cccnc2)CCN1.Cl. The summed E-state index contributed by atoms with van der Waals surface area (Å²) in [7, 11) is 0. The van der Waals surface area contributed by atoms with E-state index in [1.165, 1.54) is 5.56 Å². The van der Waals surface area contributed by atoms with Crippen molar-refractivity contribution < 1.29 is 4.74 Å². The van der Waals surface area contributed by atoms with E-state index in [4.69, 9.17) is 4.74 Å². The van der Waals surface area contributed by atoms with Crippen molar-refractivity contribution in [3.8, 4) is 5.75 Å². The third kappa shape index (κ3) is 5.20. The van der Waals surface area contributed by atoms with Crippen molar-refractivity contribution in [2.24, 2.45) is 0 Å². The molecule has 2 aromatic rings. The zero-order valence-corrected chi connectivity index (χ0v) is 14.3. The normalized spacial score (nSPS) is 18.2. The van der Waals surface area contributed by atoms with Gasteiger partial charge in [0, 0.05) is 55.7 Å². The fourth-order valence-corrected chi connectivity index (χ4v) is 2.82. The van der Waals surface area contributed by atoms with Crippen LogP contribution in [0.4, 0.5) is 0 Å². The monoisotopic (exact) mass is 333 g/mol. The molecule has 0 spiro atoms. The van der Waals surface area contributed by atoms with Gasteiger partial charge in [-0.3, -0.25) is 9.88 Å². The maximum absolute atomic E-state index is 6.01. The molecule has 1 aliphatic heterocycles. The van der Waals surface area contributed by atoms with Crippen LogP contribution < -0.4 is 10.1 Å². The molecular formula is C18H24ClN3O. The van der Waals surface area contributed by atoms with E-state index >= 15 is 0 Å². The Kier molecular flexibility index (Phi) is 6.84. The molecule has 1 aromatic heterocycles. The Morgan fingerprint density at radius 2 is 2.13 bits per heavy atom. The summed E-state index contributed by atoms with van der Waals surface area (Å²) in [6.45, 7) is 6.95. The Hall–Kier alpha value is -1.62. The summed E-state index contributed by atoms with van der Waals surface area (Å²) in [5.41, 5.74) is 2.34. The number of pyridine rings is 1. The van der Waals surface area contributed by atoms with Gasteiger partial charge < -0.3 is 10.1 Å². The fraction of sp³-hybridized carbons (Fsp3) is 0.389. The van der Waals surface area contributed by atoms with Crippen molar-refractivity contribution in [1.82, 2.24) is 15.2 Å². The first-order chi connectivity index (χ1) is 10.8. The highest BCUT2D eigenvalue weighted by molar-refractivity contribution is 5.85. The lowest BCUT2D eigenvalue weighted by Gasteiger charge is -2.32. The average molecular weight is 334 g/mol. The van der Waals surface area contributed by atoms with Gasteiger partial charge in [-0.05, 0) is 19.1 Å². The number of rotatable bonds is 5. The first kappa shape index (κ1) is 17.7. The minimum atomic E-state index is 0. The van der Waals surface area contributed by atoms with E-state index in [1.54, 1.807) is 6.20 Å². The molecular weight excluding hydrogens is 310 g/mol. The third-order valence-electron chi connectivity index (χ3n) is 3.94. The van der Waals surface area contributed by atoms with Crippen molar-refractivity contribution >= 4 is 12.4 Å². The molecule has 2 heterocycles. The van der Waals surface area contributed by atoms with E-state index in [0.29, 0.717) is 12.6 Å². The molecule has 0 aliphatic carbocycles. The van der Waals surface area contributed by atoms with Gasteiger partial charge in [0.2, 0.25) is 0 Å². The molecule has 1 aliphatic rings. The number of halogens is 1. The van der Waals surface area contributed by atoms with Crippen LogP contribution in [0.3, 0.4) is 0 Å². The highest BCUT2D eigenvalue weighted by Gasteiger charge is 2.17. The molecule has 0 bridgehead atoms. The highest BCUT2D eigenvalue weighted by atomic mass is 35.5. The summed E-state index contributed by atoms with van der Waals surface area (Å²) in [4.78, 5) is 6.61. The summed E-state index contributed by atoms with van der Waals surface area (Å²) >= 11 is 0. The minimum Gasteiger partial charge on any atom is -0.489 e. The minimum absolute atomic E-state index is 0. The number of nitrogens with zero attached hydrogens (tertiary/aromatic N) is 2. The molecule has 1 N–H and O–H groups in total. The number of piperazine rings is 1. The van der Waals surface area contributed by atoms with Gasteiger partial charge in [0.15, 0.2) is 0 Å². The number of para-hydroxylation sites is 1. The van der Waals surface area contributed by atoms with Gasteiger partial charge in [-0.15, -0.1) is 12.4 Å². The number of nitrogens with one attached hydrogen (secondary N) is 1. The quantitative estimate of drug-likeness (QED) is 0.913. The fourth-order valence-electron chi connectivity index (χ4n) is 2.82. The first-order valence-electron chi connectivity index (χ1n) is 7.86. The van der Waals surface area contributed by atoms with E-state index < -0.39 is 0 Å². The zero-order chi connectivity index (χ0) is 15.2.